The molecule has 0 N–H and O–H groups in total. The molecule has 4 nitrogen and oxygen atoms in total. The lowest BCUT2D eigenvalue weighted by atomic mass is 10.1. The summed E-state index contributed by atoms with van der Waals surface area (Å²) in [5, 5.41) is 0. The van der Waals surface area contributed by atoms with Gasteiger partial charge in [0, 0.05) is 19.2 Å². The van der Waals surface area contributed by atoms with Gasteiger partial charge in [0.05, 0.1) is 0 Å². The number of hydrogen-bond acceptors (Lipinski definition) is 3. The van der Waals surface area contributed by atoms with Crippen LogP contribution in [-0.4, -0.2) is 26.2 Å². The van der Waals surface area contributed by atoms with E-state index in [1.165, 1.54) is 0 Å². The summed E-state index contributed by atoms with van der Waals surface area (Å²) >= 11 is 0. The van der Waals surface area contributed by atoms with Crippen LogP contribution in [0, 0.1) is 0 Å². The normalized spacial score (nSPS) is 16.3. The van der Waals surface area contributed by atoms with Crippen LogP contribution in [0.5, 0.6) is 0 Å². The van der Waals surface area contributed by atoms with Crippen molar-refractivity contribution in [2.24, 2.45) is 4.40 Å². The average Bonchev–Trinajstić information content (AvgIpc) is 2.79. The van der Waals surface area contributed by atoms with Gasteiger partial charge in [-0.3, -0.25) is 0 Å². The standard InChI is InChI=1S/C18H18N2O2S/c1-14-17(16-11-7-4-8-12-16)23(21,22)19-18(14)20(2)13-15-9-5-3-6-10-15/h3-12H,13H2,1-2H3. The molecule has 0 spiro atoms. The van der Waals surface area contributed by atoms with Gasteiger partial charge in [-0.05, 0) is 18.1 Å². The molecular formula is C18H18N2O2S. The third-order valence-corrected chi connectivity index (χ3v) is 5.27. The van der Waals surface area contributed by atoms with Crippen LogP contribution in [0.3, 0.4) is 0 Å². The highest BCUT2D eigenvalue weighted by molar-refractivity contribution is 8.00. The fourth-order valence-electron chi connectivity index (χ4n) is 2.77. The Bertz CT molecular complexity index is 870. The van der Waals surface area contributed by atoms with Gasteiger partial charge in [0.1, 0.15) is 10.7 Å². The van der Waals surface area contributed by atoms with Gasteiger partial charge in [-0.2, -0.15) is 8.42 Å². The van der Waals surface area contributed by atoms with E-state index in [9.17, 15) is 8.42 Å². The predicted molar refractivity (Wildman–Crippen MR) is 93.3 cm³/mol. The van der Waals surface area contributed by atoms with Crippen molar-refractivity contribution in [3.05, 3.63) is 77.4 Å². The minimum absolute atomic E-state index is 0.299. The fourth-order valence-corrected chi connectivity index (χ4v) is 4.27. The Hall–Kier alpha value is -2.40. The Morgan fingerprint density at radius 1 is 0.957 bits per heavy atom. The molecule has 0 aromatic heterocycles. The molecule has 0 saturated heterocycles. The Labute approximate surface area is 136 Å². The molecule has 2 aromatic carbocycles. The lowest BCUT2D eigenvalue weighted by Gasteiger charge is -2.19. The summed E-state index contributed by atoms with van der Waals surface area (Å²) in [5.41, 5.74) is 2.47. The molecule has 0 bridgehead atoms. The van der Waals surface area contributed by atoms with Crippen LogP contribution in [-0.2, 0) is 16.6 Å². The molecule has 0 saturated carbocycles. The molecule has 0 atom stereocenters. The van der Waals surface area contributed by atoms with Gasteiger partial charge in [-0.15, -0.1) is 4.40 Å². The molecule has 0 fully saturated rings. The molecule has 2 aromatic rings. The molecule has 3 rings (SSSR count). The minimum atomic E-state index is -3.65. The van der Waals surface area contributed by atoms with E-state index in [1.54, 1.807) is 12.1 Å². The maximum atomic E-state index is 12.5. The van der Waals surface area contributed by atoms with Gasteiger partial charge in [0.25, 0.3) is 10.0 Å². The summed E-state index contributed by atoms with van der Waals surface area (Å²) in [5.74, 6) is 0.507. The molecule has 1 aliphatic heterocycles. The van der Waals surface area contributed by atoms with Crippen molar-refractivity contribution >= 4 is 20.8 Å². The van der Waals surface area contributed by atoms with E-state index in [4.69, 9.17) is 0 Å². The van der Waals surface area contributed by atoms with Crippen molar-refractivity contribution in [2.45, 2.75) is 13.5 Å². The second-order valence-corrected chi connectivity index (χ2v) is 7.09. The number of nitrogens with zero attached hydrogens (tertiary/aromatic N) is 2. The third kappa shape index (κ3) is 3.05. The van der Waals surface area contributed by atoms with Crippen molar-refractivity contribution in [3.63, 3.8) is 0 Å². The third-order valence-electron chi connectivity index (χ3n) is 3.80. The Morgan fingerprint density at radius 3 is 2.13 bits per heavy atom. The molecule has 1 aliphatic rings. The topological polar surface area (TPSA) is 49.7 Å². The van der Waals surface area contributed by atoms with Crippen LogP contribution in [0.25, 0.3) is 4.91 Å². The fraction of sp³-hybridized carbons (Fsp3) is 0.167. The van der Waals surface area contributed by atoms with E-state index in [0.717, 1.165) is 5.56 Å². The molecule has 0 unspecified atom stereocenters. The minimum Gasteiger partial charge on any atom is -0.354 e. The first-order chi connectivity index (χ1) is 11.0. The zero-order valence-electron chi connectivity index (χ0n) is 13.1. The van der Waals surface area contributed by atoms with Crippen molar-refractivity contribution in [2.75, 3.05) is 7.05 Å². The van der Waals surface area contributed by atoms with Gasteiger partial charge >= 0.3 is 0 Å². The van der Waals surface area contributed by atoms with Gasteiger partial charge in [0.15, 0.2) is 0 Å². The highest BCUT2D eigenvalue weighted by atomic mass is 32.2. The van der Waals surface area contributed by atoms with Crippen LogP contribution >= 0.6 is 0 Å². The largest absolute Gasteiger partial charge is 0.354 e. The number of hydrogen-bond donors (Lipinski definition) is 0. The highest BCUT2D eigenvalue weighted by Gasteiger charge is 2.32. The van der Waals surface area contributed by atoms with Crippen LogP contribution in [0.15, 0.2) is 70.6 Å². The first-order valence-corrected chi connectivity index (χ1v) is 8.80. The van der Waals surface area contributed by atoms with Crippen LogP contribution in [0.4, 0.5) is 0 Å². The van der Waals surface area contributed by atoms with Crippen molar-refractivity contribution < 1.29 is 8.42 Å². The zero-order valence-corrected chi connectivity index (χ0v) is 13.9. The second-order valence-electron chi connectivity index (χ2n) is 5.55. The Balaban J connectivity index is 1.96. The van der Waals surface area contributed by atoms with Crippen molar-refractivity contribution in [1.29, 1.82) is 0 Å². The molecule has 0 radical (unpaired) electrons. The maximum Gasteiger partial charge on any atom is 0.285 e. The maximum absolute atomic E-state index is 12.5. The number of amidine groups is 1. The summed E-state index contributed by atoms with van der Waals surface area (Å²) in [6.07, 6.45) is 0. The van der Waals surface area contributed by atoms with Crippen LogP contribution < -0.4 is 0 Å². The van der Waals surface area contributed by atoms with E-state index in [2.05, 4.69) is 4.40 Å². The van der Waals surface area contributed by atoms with Crippen molar-refractivity contribution in [1.82, 2.24) is 4.90 Å². The van der Waals surface area contributed by atoms with Crippen LogP contribution in [0.1, 0.15) is 18.1 Å². The van der Waals surface area contributed by atoms with Gasteiger partial charge in [0.2, 0.25) is 0 Å². The monoisotopic (exact) mass is 326 g/mol. The molecule has 0 aliphatic carbocycles. The van der Waals surface area contributed by atoms with E-state index in [0.29, 0.717) is 28.4 Å². The number of benzene rings is 2. The predicted octanol–water partition coefficient (Wildman–Crippen LogP) is 3.29. The van der Waals surface area contributed by atoms with Gasteiger partial charge in [-0.1, -0.05) is 60.7 Å². The first-order valence-electron chi connectivity index (χ1n) is 7.36. The quantitative estimate of drug-likeness (QED) is 0.869. The summed E-state index contributed by atoms with van der Waals surface area (Å²) in [6.45, 7) is 2.42. The highest BCUT2D eigenvalue weighted by Crippen LogP contribution is 2.33. The first kappa shape index (κ1) is 15.5. The summed E-state index contributed by atoms with van der Waals surface area (Å²) in [7, 11) is -1.79. The number of sulfonamides is 1. The molecule has 23 heavy (non-hydrogen) atoms. The van der Waals surface area contributed by atoms with Gasteiger partial charge < -0.3 is 4.90 Å². The number of rotatable bonds is 3. The zero-order chi connectivity index (χ0) is 16.4. The summed E-state index contributed by atoms with van der Waals surface area (Å²) in [4.78, 5) is 2.17. The second kappa shape index (κ2) is 6.01. The summed E-state index contributed by atoms with van der Waals surface area (Å²) in [6, 6.07) is 19.0. The summed E-state index contributed by atoms with van der Waals surface area (Å²) < 4.78 is 28.9. The van der Waals surface area contributed by atoms with E-state index in [-0.39, 0.29) is 0 Å². The average molecular weight is 326 g/mol. The Morgan fingerprint density at radius 2 is 1.52 bits per heavy atom. The number of likely N-dealkylation sites (N-methyl/N-ethyl adjacent to an activating group) is 1. The van der Waals surface area contributed by atoms with E-state index >= 15 is 0 Å². The Kier molecular flexibility index (Phi) is 4.05. The molecule has 1 heterocycles. The van der Waals surface area contributed by atoms with E-state index in [1.807, 2.05) is 67.4 Å². The molecule has 5 heteroatoms. The van der Waals surface area contributed by atoms with E-state index < -0.39 is 10.0 Å². The lowest BCUT2D eigenvalue weighted by molar-refractivity contribution is 0.501. The van der Waals surface area contributed by atoms with Crippen LogP contribution in [0.2, 0.25) is 0 Å². The molecular weight excluding hydrogens is 308 g/mol. The lowest BCUT2D eigenvalue weighted by Crippen LogP contribution is -2.26. The molecule has 118 valence electrons. The van der Waals surface area contributed by atoms with Gasteiger partial charge in [-0.25, -0.2) is 0 Å². The molecule has 0 amide bonds. The SMILES string of the molecule is CC1=C(c2ccccc2)S(=O)(=O)N=C1N(C)Cc1ccccc1. The smallest absolute Gasteiger partial charge is 0.285 e. The van der Waals surface area contributed by atoms with Crippen molar-refractivity contribution in [3.8, 4) is 0 Å².